The first-order valence-corrected chi connectivity index (χ1v) is 7.20. The number of carbonyl (C=O) groups is 1. The van der Waals surface area contributed by atoms with Crippen molar-refractivity contribution in [2.45, 2.75) is 0 Å². The topological polar surface area (TPSA) is 35.5 Å². The number of fused-ring (bicyclic) bond motifs is 1. The van der Waals surface area contributed by atoms with Crippen molar-refractivity contribution in [3.63, 3.8) is 0 Å². The maximum absolute atomic E-state index is 13.9. The van der Waals surface area contributed by atoms with E-state index < -0.39 is 11.8 Å². The summed E-state index contributed by atoms with van der Waals surface area (Å²) < 4.78 is 24.2. The van der Waals surface area contributed by atoms with Crippen LogP contribution in [0.4, 0.5) is 4.39 Å². The highest BCUT2D eigenvalue weighted by molar-refractivity contribution is 6.31. The molecule has 0 fully saturated rings. The van der Waals surface area contributed by atoms with E-state index in [4.69, 9.17) is 21.1 Å². The van der Waals surface area contributed by atoms with Crippen LogP contribution < -0.4 is 9.47 Å². The average Bonchev–Trinajstić information content (AvgIpc) is 2.58. The number of hydrogen-bond donors (Lipinski definition) is 0. The van der Waals surface area contributed by atoms with E-state index in [9.17, 15) is 9.18 Å². The molecule has 0 N–H and O–H groups in total. The van der Waals surface area contributed by atoms with Crippen molar-refractivity contribution in [3.8, 4) is 11.5 Å². The van der Waals surface area contributed by atoms with Crippen molar-refractivity contribution in [2.24, 2.45) is 0 Å². The van der Waals surface area contributed by atoms with Crippen LogP contribution in [-0.2, 0) is 0 Å². The Labute approximate surface area is 137 Å². The van der Waals surface area contributed by atoms with Crippen LogP contribution >= 0.6 is 11.6 Å². The van der Waals surface area contributed by atoms with Gasteiger partial charge >= 0.3 is 5.97 Å². The van der Waals surface area contributed by atoms with Crippen molar-refractivity contribution in [1.29, 1.82) is 0 Å². The lowest BCUT2D eigenvalue weighted by molar-refractivity contribution is 0.0735. The second-order valence-electron chi connectivity index (χ2n) is 4.86. The molecule has 0 saturated carbocycles. The molecule has 3 aromatic rings. The van der Waals surface area contributed by atoms with Crippen LogP contribution in [0.1, 0.15) is 10.4 Å². The van der Waals surface area contributed by atoms with Gasteiger partial charge in [0, 0.05) is 5.39 Å². The van der Waals surface area contributed by atoms with Gasteiger partial charge in [0.05, 0.1) is 17.7 Å². The van der Waals surface area contributed by atoms with Gasteiger partial charge in [-0.25, -0.2) is 9.18 Å². The van der Waals surface area contributed by atoms with Crippen LogP contribution in [-0.4, -0.2) is 13.1 Å². The maximum atomic E-state index is 13.9. The standard InChI is InChI=1S/C18H12ClFO3/c1-22-13-5-2-11(3-6-13)18(21)23-14-7-8-15-12(10-14)4-9-16(19)17(15)20/h2-10H,1H3. The van der Waals surface area contributed by atoms with Crippen molar-refractivity contribution >= 4 is 28.3 Å². The van der Waals surface area contributed by atoms with Gasteiger partial charge in [0.1, 0.15) is 17.3 Å². The number of hydrogen-bond acceptors (Lipinski definition) is 3. The molecule has 5 heteroatoms. The van der Waals surface area contributed by atoms with Gasteiger partial charge in [0.2, 0.25) is 0 Å². The summed E-state index contributed by atoms with van der Waals surface area (Å²) in [6.45, 7) is 0. The van der Waals surface area contributed by atoms with Crippen LogP contribution in [0.5, 0.6) is 11.5 Å². The minimum atomic E-state index is -0.499. The second kappa shape index (κ2) is 6.26. The maximum Gasteiger partial charge on any atom is 0.343 e. The number of methoxy groups -OCH3 is 1. The van der Waals surface area contributed by atoms with E-state index in [0.717, 1.165) is 0 Å². The van der Waals surface area contributed by atoms with E-state index in [1.807, 2.05) is 0 Å². The van der Waals surface area contributed by atoms with E-state index in [2.05, 4.69) is 0 Å². The number of benzene rings is 3. The van der Waals surface area contributed by atoms with Crippen LogP contribution in [0.15, 0.2) is 54.6 Å². The van der Waals surface area contributed by atoms with E-state index in [1.165, 1.54) is 18.2 Å². The van der Waals surface area contributed by atoms with Gasteiger partial charge in [-0.2, -0.15) is 0 Å². The summed E-state index contributed by atoms with van der Waals surface area (Å²) in [5.41, 5.74) is 0.396. The third-order valence-corrected chi connectivity index (χ3v) is 3.71. The highest BCUT2D eigenvalue weighted by Gasteiger charge is 2.11. The Hall–Kier alpha value is -2.59. The first-order chi connectivity index (χ1) is 11.1. The molecule has 0 unspecified atom stereocenters. The van der Waals surface area contributed by atoms with Crippen molar-refractivity contribution in [1.82, 2.24) is 0 Å². The molecule has 0 aliphatic carbocycles. The Morgan fingerprint density at radius 3 is 2.39 bits per heavy atom. The molecule has 0 amide bonds. The summed E-state index contributed by atoms with van der Waals surface area (Å²) >= 11 is 5.75. The number of ether oxygens (including phenoxy) is 2. The quantitative estimate of drug-likeness (QED) is 0.508. The summed E-state index contributed by atoms with van der Waals surface area (Å²) in [7, 11) is 1.55. The average molecular weight is 331 g/mol. The smallest absolute Gasteiger partial charge is 0.343 e. The molecular weight excluding hydrogens is 319 g/mol. The Kier molecular flexibility index (Phi) is 4.17. The van der Waals surface area contributed by atoms with E-state index >= 15 is 0 Å². The summed E-state index contributed by atoms with van der Waals surface area (Å²) in [5, 5.41) is 1.04. The molecule has 0 radical (unpaired) electrons. The van der Waals surface area contributed by atoms with Gasteiger partial charge in [-0.1, -0.05) is 17.7 Å². The molecule has 0 aliphatic rings. The van der Waals surface area contributed by atoms with Crippen molar-refractivity contribution in [2.75, 3.05) is 7.11 Å². The zero-order valence-electron chi connectivity index (χ0n) is 12.2. The number of esters is 1. The number of rotatable bonds is 3. The predicted molar refractivity (Wildman–Crippen MR) is 86.9 cm³/mol. The lowest BCUT2D eigenvalue weighted by Gasteiger charge is -2.07. The minimum absolute atomic E-state index is 0.0560. The lowest BCUT2D eigenvalue weighted by Crippen LogP contribution is -2.08. The number of carbonyl (C=O) groups excluding carboxylic acids is 1. The second-order valence-corrected chi connectivity index (χ2v) is 5.27. The van der Waals surface area contributed by atoms with Gasteiger partial charge in [0.25, 0.3) is 0 Å². The van der Waals surface area contributed by atoms with Gasteiger partial charge in [-0.3, -0.25) is 0 Å². The molecule has 0 bridgehead atoms. The van der Waals surface area contributed by atoms with Crippen LogP contribution in [0.25, 0.3) is 10.8 Å². The van der Waals surface area contributed by atoms with E-state index in [-0.39, 0.29) is 5.02 Å². The fourth-order valence-electron chi connectivity index (χ4n) is 2.20. The Bertz CT molecular complexity index is 875. The molecule has 3 aromatic carbocycles. The monoisotopic (exact) mass is 330 g/mol. The van der Waals surface area contributed by atoms with Crippen LogP contribution in [0.2, 0.25) is 5.02 Å². The van der Waals surface area contributed by atoms with Gasteiger partial charge in [-0.15, -0.1) is 0 Å². The molecule has 0 heterocycles. The fourth-order valence-corrected chi connectivity index (χ4v) is 2.36. The summed E-state index contributed by atoms with van der Waals surface area (Å²) in [5.74, 6) is -0.00159. The van der Waals surface area contributed by atoms with Crippen LogP contribution in [0, 0.1) is 5.82 Å². The Balaban J connectivity index is 1.85. The minimum Gasteiger partial charge on any atom is -0.497 e. The van der Waals surface area contributed by atoms with Crippen molar-refractivity contribution < 1.29 is 18.7 Å². The molecule has 116 valence electrons. The fraction of sp³-hybridized carbons (Fsp3) is 0.0556. The highest BCUT2D eigenvalue weighted by atomic mass is 35.5. The zero-order chi connectivity index (χ0) is 16.4. The SMILES string of the molecule is COc1ccc(C(=O)Oc2ccc3c(F)c(Cl)ccc3c2)cc1. The lowest BCUT2D eigenvalue weighted by atomic mass is 10.1. The summed E-state index contributed by atoms with van der Waals surface area (Å²) in [6, 6.07) is 14.4. The van der Waals surface area contributed by atoms with Gasteiger partial charge in [-0.05, 0) is 53.9 Å². The predicted octanol–water partition coefficient (Wildman–Crippen LogP) is 4.86. The zero-order valence-corrected chi connectivity index (χ0v) is 12.9. The molecular formula is C18H12ClFO3. The number of halogens is 2. The third kappa shape index (κ3) is 3.12. The Morgan fingerprint density at radius 2 is 1.70 bits per heavy atom. The molecule has 0 spiro atoms. The largest absolute Gasteiger partial charge is 0.497 e. The van der Waals surface area contributed by atoms with Gasteiger partial charge < -0.3 is 9.47 Å². The first-order valence-electron chi connectivity index (χ1n) is 6.82. The Morgan fingerprint density at radius 1 is 1.00 bits per heavy atom. The van der Waals surface area contributed by atoms with Gasteiger partial charge in [0.15, 0.2) is 0 Å². The molecule has 0 atom stereocenters. The van der Waals surface area contributed by atoms with Crippen molar-refractivity contribution in [3.05, 3.63) is 71.0 Å². The van der Waals surface area contributed by atoms with Crippen LogP contribution in [0.3, 0.4) is 0 Å². The molecule has 0 aromatic heterocycles. The summed E-state index contributed by atoms with van der Waals surface area (Å²) in [4.78, 5) is 12.1. The highest BCUT2D eigenvalue weighted by Crippen LogP contribution is 2.28. The third-order valence-electron chi connectivity index (χ3n) is 3.41. The molecule has 0 saturated heterocycles. The van der Waals surface area contributed by atoms with E-state index in [1.54, 1.807) is 43.5 Å². The van der Waals surface area contributed by atoms with E-state index in [0.29, 0.717) is 27.8 Å². The molecule has 3 rings (SSSR count). The summed E-state index contributed by atoms with van der Waals surface area (Å²) in [6.07, 6.45) is 0. The molecule has 23 heavy (non-hydrogen) atoms. The molecule has 0 aliphatic heterocycles. The normalized spacial score (nSPS) is 10.6. The first kappa shape index (κ1) is 15.3. The molecule has 3 nitrogen and oxygen atoms in total.